The quantitative estimate of drug-likeness (QED) is 0.601. The molecule has 2 aliphatic carbocycles. The fourth-order valence-corrected chi connectivity index (χ4v) is 5.83. The molecule has 2 aromatic carbocycles. The summed E-state index contributed by atoms with van der Waals surface area (Å²) in [5.41, 5.74) is 5.09. The van der Waals surface area contributed by atoms with Crippen LogP contribution in [0.15, 0.2) is 53.7 Å². The summed E-state index contributed by atoms with van der Waals surface area (Å²) in [5, 5.41) is 1.20. The van der Waals surface area contributed by atoms with Crippen LogP contribution in [-0.4, -0.2) is 57.6 Å². The van der Waals surface area contributed by atoms with Gasteiger partial charge in [0, 0.05) is 42.8 Å². The summed E-state index contributed by atoms with van der Waals surface area (Å²) in [7, 11) is 0. The monoisotopic (exact) mass is 466 g/mol. The molecule has 1 spiro atoms. The predicted molar refractivity (Wildman–Crippen MR) is 136 cm³/mol. The van der Waals surface area contributed by atoms with Crippen LogP contribution in [0.5, 0.6) is 0 Å². The Morgan fingerprint density at radius 1 is 1.09 bits per heavy atom. The molecule has 2 saturated carbocycles. The number of carbonyl (C=O) groups is 2. The van der Waals surface area contributed by atoms with E-state index in [9.17, 15) is 9.59 Å². The highest BCUT2D eigenvalue weighted by Crippen LogP contribution is 2.46. The zero-order valence-electron chi connectivity index (χ0n) is 20.1. The first-order valence-electron chi connectivity index (χ1n) is 12.9. The highest BCUT2D eigenvalue weighted by atomic mass is 16.2. The third-order valence-electron chi connectivity index (χ3n) is 8.26. The number of nitrogens with one attached hydrogen (secondary N) is 1. The molecule has 1 aromatic heterocycles. The molecule has 1 atom stereocenters. The van der Waals surface area contributed by atoms with E-state index in [1.165, 1.54) is 10.9 Å². The second kappa shape index (κ2) is 7.54. The van der Waals surface area contributed by atoms with E-state index in [4.69, 9.17) is 4.99 Å². The lowest BCUT2D eigenvalue weighted by Gasteiger charge is -2.24. The van der Waals surface area contributed by atoms with E-state index in [1.54, 1.807) is 0 Å². The second-order valence-electron chi connectivity index (χ2n) is 10.9. The van der Waals surface area contributed by atoms with Gasteiger partial charge in [-0.2, -0.15) is 0 Å². The van der Waals surface area contributed by atoms with Crippen LogP contribution in [0.1, 0.15) is 43.2 Å². The van der Waals surface area contributed by atoms with Crippen molar-refractivity contribution in [2.45, 2.75) is 44.6 Å². The molecule has 4 aliphatic rings. The predicted octanol–water partition coefficient (Wildman–Crippen LogP) is 4.52. The largest absolute Gasteiger partial charge is 0.361 e. The van der Waals surface area contributed by atoms with Gasteiger partial charge in [0.25, 0.3) is 5.91 Å². The average Bonchev–Trinajstić information content (AvgIpc) is 3.74. The average molecular weight is 467 g/mol. The van der Waals surface area contributed by atoms with Crippen molar-refractivity contribution in [2.75, 3.05) is 19.6 Å². The number of aryl methyl sites for hydroxylation is 1. The number of aromatic nitrogens is 1. The number of nitrogens with zero attached hydrogens (tertiary/aromatic N) is 3. The summed E-state index contributed by atoms with van der Waals surface area (Å²) in [5.74, 6) is 1.86. The van der Waals surface area contributed by atoms with E-state index in [0.717, 1.165) is 73.2 Å². The summed E-state index contributed by atoms with van der Waals surface area (Å²) in [6, 6.07) is 15.0. The summed E-state index contributed by atoms with van der Waals surface area (Å²) >= 11 is 0. The molecule has 6 heteroatoms. The highest BCUT2D eigenvalue weighted by Gasteiger charge is 2.57. The number of amidine groups is 1. The number of hydrogen-bond donors (Lipinski definition) is 1. The maximum Gasteiger partial charge on any atom is 0.256 e. The van der Waals surface area contributed by atoms with Gasteiger partial charge < -0.3 is 9.88 Å². The molecular formula is C29H30N4O2. The third kappa shape index (κ3) is 3.49. The van der Waals surface area contributed by atoms with Crippen LogP contribution in [0.4, 0.5) is 0 Å². The lowest BCUT2D eigenvalue weighted by molar-refractivity contribution is -0.131. The third-order valence-corrected chi connectivity index (χ3v) is 8.26. The number of aromatic amines is 1. The number of hydrogen-bond acceptors (Lipinski definition) is 3. The Bertz CT molecular complexity index is 1390. The van der Waals surface area contributed by atoms with Crippen molar-refractivity contribution in [1.82, 2.24) is 14.8 Å². The standard InChI is InChI=1S/C29H30N4O2/c1-18-14-22(23-5-2-20-8-12-30-25(20)15-23)6-7-24(18)26-31-29(10-11-29)28(35)33(26)17-19-9-13-32(16-19)27(34)21-3-4-21/h2,5-8,12,14-15,19,21,30H,3-4,9-11,13,16-17H2,1H3/t19-/m1/s1. The smallest absolute Gasteiger partial charge is 0.256 e. The normalized spacial score (nSPS) is 22.9. The maximum atomic E-state index is 13.4. The SMILES string of the molecule is Cc1cc(-c2ccc3cc[nH]c3c2)ccc1C1=NC2(CC2)C(=O)N1C[C@@H]1CCN(C(=O)C2CC2)C1. The first-order chi connectivity index (χ1) is 17.0. The van der Waals surface area contributed by atoms with E-state index >= 15 is 0 Å². The fraction of sp³-hybridized carbons (Fsp3) is 0.414. The maximum absolute atomic E-state index is 13.4. The first-order valence-corrected chi connectivity index (χ1v) is 12.9. The zero-order chi connectivity index (χ0) is 23.7. The minimum absolute atomic E-state index is 0.153. The first kappa shape index (κ1) is 20.9. The van der Waals surface area contributed by atoms with E-state index in [-0.39, 0.29) is 11.8 Å². The molecule has 1 N–H and O–H groups in total. The van der Waals surface area contributed by atoms with Crippen molar-refractivity contribution in [2.24, 2.45) is 16.8 Å². The molecule has 0 radical (unpaired) electrons. The van der Waals surface area contributed by atoms with Crippen molar-refractivity contribution in [3.8, 4) is 11.1 Å². The molecule has 0 bridgehead atoms. The minimum Gasteiger partial charge on any atom is -0.361 e. The lowest BCUT2D eigenvalue weighted by Crippen LogP contribution is -2.41. The van der Waals surface area contributed by atoms with Crippen LogP contribution < -0.4 is 0 Å². The van der Waals surface area contributed by atoms with E-state index < -0.39 is 5.54 Å². The van der Waals surface area contributed by atoms with E-state index in [2.05, 4.69) is 54.4 Å². The van der Waals surface area contributed by atoms with Gasteiger partial charge in [0.05, 0.1) is 0 Å². The second-order valence-corrected chi connectivity index (χ2v) is 10.9. The molecule has 2 aliphatic heterocycles. The Labute approximate surface area is 205 Å². The van der Waals surface area contributed by atoms with E-state index in [1.807, 2.05) is 16.0 Å². The van der Waals surface area contributed by atoms with Gasteiger partial charge >= 0.3 is 0 Å². The summed E-state index contributed by atoms with van der Waals surface area (Å²) in [6.45, 7) is 4.34. The summed E-state index contributed by atoms with van der Waals surface area (Å²) in [4.78, 5) is 38.2. The zero-order valence-corrected chi connectivity index (χ0v) is 20.1. The van der Waals surface area contributed by atoms with Crippen molar-refractivity contribution in [3.63, 3.8) is 0 Å². The molecule has 1 saturated heterocycles. The van der Waals surface area contributed by atoms with Crippen molar-refractivity contribution >= 4 is 28.6 Å². The fourth-order valence-electron chi connectivity index (χ4n) is 5.83. The molecule has 178 valence electrons. The van der Waals surface area contributed by atoms with Crippen LogP contribution in [0.25, 0.3) is 22.0 Å². The van der Waals surface area contributed by atoms with Crippen LogP contribution >= 0.6 is 0 Å². The number of carbonyl (C=O) groups excluding carboxylic acids is 2. The Hall–Kier alpha value is -3.41. The van der Waals surface area contributed by atoms with Gasteiger partial charge in [0.1, 0.15) is 11.4 Å². The minimum atomic E-state index is -0.527. The topological polar surface area (TPSA) is 68.8 Å². The Balaban J connectivity index is 1.15. The van der Waals surface area contributed by atoms with Gasteiger partial charge in [-0.05, 0) is 79.2 Å². The molecular weight excluding hydrogens is 436 g/mol. The van der Waals surface area contributed by atoms with Crippen LogP contribution in [-0.2, 0) is 9.59 Å². The van der Waals surface area contributed by atoms with Crippen LogP contribution in [0.2, 0.25) is 0 Å². The number of likely N-dealkylation sites (tertiary alicyclic amines) is 1. The Morgan fingerprint density at radius 2 is 1.89 bits per heavy atom. The van der Waals surface area contributed by atoms with Gasteiger partial charge in [-0.25, -0.2) is 0 Å². The van der Waals surface area contributed by atoms with Gasteiger partial charge in [-0.1, -0.05) is 30.3 Å². The molecule has 3 aromatic rings. The molecule has 35 heavy (non-hydrogen) atoms. The lowest BCUT2D eigenvalue weighted by atomic mass is 9.98. The number of amides is 2. The van der Waals surface area contributed by atoms with E-state index in [0.29, 0.717) is 18.4 Å². The van der Waals surface area contributed by atoms with Crippen LogP contribution in [0, 0.1) is 18.8 Å². The number of benzene rings is 2. The Kier molecular flexibility index (Phi) is 4.51. The number of fused-ring (bicyclic) bond motifs is 1. The Morgan fingerprint density at radius 3 is 2.66 bits per heavy atom. The highest BCUT2D eigenvalue weighted by molar-refractivity contribution is 6.17. The number of H-pyrrole nitrogens is 1. The molecule has 3 fully saturated rings. The van der Waals surface area contributed by atoms with Crippen molar-refractivity contribution < 1.29 is 9.59 Å². The molecule has 6 nitrogen and oxygen atoms in total. The molecule has 3 heterocycles. The number of rotatable bonds is 5. The van der Waals surface area contributed by atoms with Crippen molar-refractivity contribution in [3.05, 3.63) is 59.8 Å². The van der Waals surface area contributed by atoms with Gasteiger partial charge in [-0.15, -0.1) is 0 Å². The van der Waals surface area contributed by atoms with Gasteiger partial charge in [0.2, 0.25) is 5.91 Å². The summed E-state index contributed by atoms with van der Waals surface area (Å²) < 4.78 is 0. The molecule has 0 unspecified atom stereocenters. The summed E-state index contributed by atoms with van der Waals surface area (Å²) in [6.07, 6.45) is 6.69. The van der Waals surface area contributed by atoms with Gasteiger partial charge in [0.15, 0.2) is 0 Å². The van der Waals surface area contributed by atoms with Gasteiger partial charge in [-0.3, -0.25) is 19.5 Å². The number of aliphatic imine (C=N–C) groups is 1. The van der Waals surface area contributed by atoms with Crippen molar-refractivity contribution in [1.29, 1.82) is 0 Å². The van der Waals surface area contributed by atoms with Crippen LogP contribution in [0.3, 0.4) is 0 Å². The molecule has 7 rings (SSSR count). The molecule has 2 amide bonds.